The van der Waals surface area contributed by atoms with E-state index in [1.165, 1.54) is 35.1 Å². The first-order valence-electron chi connectivity index (χ1n) is 31.9. The number of fused-ring (bicyclic) bond motifs is 8. The van der Waals surface area contributed by atoms with Crippen LogP contribution in [0, 0.1) is 36.5 Å². The van der Waals surface area contributed by atoms with Gasteiger partial charge in [-0.15, -0.1) is 0 Å². The molecule has 0 aliphatic carbocycles. The number of hydrogen-bond acceptors (Lipinski definition) is 13. The molecule has 1 saturated heterocycles. The van der Waals surface area contributed by atoms with E-state index in [4.69, 9.17) is 4.74 Å². The standard InChI is InChI=1S/2C34H56N4O2.C4H8O.2CH3.2Zn/c2*1-31(2,3)27-11-23-15-35-19-33(7,8)21-37-17-25-13-28(32(4,5)6)14-26(30(25)40)18-38-22-34(9,10)20-36-16-24(12-27)29(23)39;1-2-4-5-3-1;;;;/h2*11-14,35-40H,15-22H2,1-10H3;1-4H2;2*1H3;;/q;;;2*-1;;. The van der Waals surface area contributed by atoms with E-state index in [0.717, 1.165) is 110 Å². The van der Waals surface area contributed by atoms with Crippen molar-refractivity contribution in [2.75, 3.05) is 65.6 Å². The number of benzene rings is 4. The van der Waals surface area contributed by atoms with Crippen LogP contribution in [0.25, 0.3) is 0 Å². The molecule has 8 bridgehead atoms. The van der Waals surface area contributed by atoms with E-state index in [1.807, 2.05) is 0 Å². The van der Waals surface area contributed by atoms with Gasteiger partial charge in [-0.25, -0.2) is 0 Å². The van der Waals surface area contributed by atoms with Crippen LogP contribution in [0.5, 0.6) is 23.0 Å². The van der Waals surface area contributed by atoms with Crippen molar-refractivity contribution < 1.29 is 64.1 Å². The van der Waals surface area contributed by atoms with E-state index in [9.17, 15) is 20.4 Å². The van der Waals surface area contributed by atoms with Gasteiger partial charge in [-0.2, -0.15) is 0 Å². The second-order valence-electron chi connectivity index (χ2n) is 32.4. The topological polar surface area (TPSA) is 186 Å². The van der Waals surface area contributed by atoms with Crippen LogP contribution in [0.4, 0.5) is 0 Å². The summed E-state index contributed by atoms with van der Waals surface area (Å²) >= 11 is 0. The second kappa shape index (κ2) is 35.5. The van der Waals surface area contributed by atoms with Gasteiger partial charge in [0.25, 0.3) is 0 Å². The average molecular weight is 1340 g/mol. The molecule has 89 heavy (non-hydrogen) atoms. The van der Waals surface area contributed by atoms with Crippen LogP contribution in [-0.2, 0) is 118 Å². The van der Waals surface area contributed by atoms with Gasteiger partial charge in [0.15, 0.2) is 0 Å². The van der Waals surface area contributed by atoms with Gasteiger partial charge >= 0.3 is 0 Å². The van der Waals surface area contributed by atoms with E-state index in [0.29, 0.717) is 75.4 Å². The van der Waals surface area contributed by atoms with Crippen LogP contribution in [0.1, 0.15) is 218 Å². The van der Waals surface area contributed by atoms with Crippen molar-refractivity contribution in [3.8, 4) is 23.0 Å². The number of ether oxygens (including phenoxy) is 1. The Bertz CT molecular complexity index is 2280. The van der Waals surface area contributed by atoms with Gasteiger partial charge in [-0.3, -0.25) is 0 Å². The number of aromatic hydroxyl groups is 4. The van der Waals surface area contributed by atoms with Crippen LogP contribution in [0.3, 0.4) is 0 Å². The number of nitrogens with one attached hydrogen (secondary N) is 8. The fourth-order valence-corrected chi connectivity index (χ4v) is 10.9. The van der Waals surface area contributed by atoms with Crippen LogP contribution >= 0.6 is 0 Å². The summed E-state index contributed by atoms with van der Waals surface area (Å²) in [5.41, 5.74) is 12.4. The predicted molar refractivity (Wildman–Crippen MR) is 369 cm³/mol. The second-order valence-corrected chi connectivity index (χ2v) is 32.4. The summed E-state index contributed by atoms with van der Waals surface area (Å²) in [6, 6.07) is 17.2. The van der Waals surface area contributed by atoms with E-state index in [2.05, 4.69) is 230 Å². The number of phenolic OH excluding ortho intramolecular Hbond substituents is 4. The molecule has 0 amide bonds. The molecule has 15 heteroatoms. The zero-order valence-corrected chi connectivity index (χ0v) is 66.3. The van der Waals surface area contributed by atoms with Gasteiger partial charge in [0.05, 0.1) is 0 Å². The quantitative estimate of drug-likeness (QED) is 0.0590. The Balaban J connectivity index is 0.000000789. The molecule has 3 heterocycles. The Labute approximate surface area is 568 Å². The van der Waals surface area contributed by atoms with Crippen molar-refractivity contribution in [3.63, 3.8) is 0 Å². The van der Waals surface area contributed by atoms with Crippen molar-refractivity contribution >= 4 is 0 Å². The van der Waals surface area contributed by atoms with Crippen LogP contribution in [-0.4, -0.2) is 86.0 Å². The first-order valence-corrected chi connectivity index (χ1v) is 31.9. The zero-order chi connectivity index (χ0) is 63.4. The molecule has 0 aromatic heterocycles. The molecular weight excluding hydrogens is 1210 g/mol. The van der Waals surface area contributed by atoms with Crippen molar-refractivity contribution in [2.24, 2.45) is 21.7 Å². The van der Waals surface area contributed by atoms with Gasteiger partial charge in [0.1, 0.15) is 23.0 Å². The fourth-order valence-electron chi connectivity index (χ4n) is 10.9. The summed E-state index contributed by atoms with van der Waals surface area (Å²) in [5.74, 6) is 1.55. The van der Waals surface area contributed by atoms with Crippen LogP contribution in [0.15, 0.2) is 48.5 Å². The molecule has 0 radical (unpaired) electrons. The minimum Gasteiger partial charge on any atom is -0.507 e. The van der Waals surface area contributed by atoms with Gasteiger partial charge in [0, 0.05) is 201 Å². The van der Waals surface area contributed by atoms with Crippen molar-refractivity contribution in [1.82, 2.24) is 42.5 Å². The van der Waals surface area contributed by atoms with Gasteiger partial charge in [-0.1, -0.05) is 187 Å². The minimum absolute atomic E-state index is 0. The molecular formula is C74H126N8O5Zn2-2. The van der Waals surface area contributed by atoms with Gasteiger partial charge in [0.2, 0.25) is 0 Å². The molecule has 1 fully saturated rings. The Kier molecular flexibility index (Phi) is 33.5. The maximum absolute atomic E-state index is 11.2. The van der Waals surface area contributed by atoms with Crippen LogP contribution < -0.4 is 42.5 Å². The molecule has 3 aliphatic heterocycles. The molecule has 0 saturated carbocycles. The Morgan fingerprint density at radius 1 is 0.292 bits per heavy atom. The van der Waals surface area contributed by atoms with Gasteiger partial charge < -0.3 is 82.6 Å². The molecule has 4 aromatic carbocycles. The Morgan fingerprint density at radius 2 is 0.427 bits per heavy atom. The molecule has 0 unspecified atom stereocenters. The monoisotopic (exact) mass is 1330 g/mol. The SMILES string of the molecule is C1CCOC1.CC1(C)CNCc2cc(C(C)(C)C)cc(c2O)CNCC(C)(C)CNCc2cc(C(C)(C)C)cc(c2O)CNC1.CC1(C)CNCc2cc(C(C)(C)C)cc(c2O)CNCC(C)(C)CNCc2cc(C(C)(C)C)cc(c2O)CNC1.[CH3-].[CH3-].[Zn].[Zn]. The van der Waals surface area contributed by atoms with E-state index >= 15 is 0 Å². The largest absolute Gasteiger partial charge is 0.507 e. The van der Waals surface area contributed by atoms with Crippen molar-refractivity contribution in [3.05, 3.63) is 130 Å². The summed E-state index contributed by atoms with van der Waals surface area (Å²) in [6.07, 6.45) is 2.56. The maximum atomic E-state index is 11.2. The smallest absolute Gasteiger partial charge is 0.124 e. The molecule has 4 aromatic rings. The third-order valence-electron chi connectivity index (χ3n) is 16.7. The number of rotatable bonds is 0. The molecule has 13 nitrogen and oxygen atoms in total. The third-order valence-corrected chi connectivity index (χ3v) is 16.7. The summed E-state index contributed by atoms with van der Waals surface area (Å²) in [5, 5.41) is 73.7. The summed E-state index contributed by atoms with van der Waals surface area (Å²) in [6.45, 7) is 57.8. The minimum atomic E-state index is -0.0182. The van der Waals surface area contributed by atoms with Crippen LogP contribution in [0.2, 0.25) is 0 Å². The normalized spacial score (nSPS) is 19.0. The van der Waals surface area contributed by atoms with E-state index < -0.39 is 0 Å². The molecule has 0 spiro atoms. The molecule has 7 rings (SSSR count). The zero-order valence-electron chi connectivity index (χ0n) is 60.4. The predicted octanol–water partition coefficient (Wildman–Crippen LogP) is 13.3. The van der Waals surface area contributed by atoms with Crippen molar-refractivity contribution in [1.29, 1.82) is 0 Å². The summed E-state index contributed by atoms with van der Waals surface area (Å²) in [4.78, 5) is 0. The van der Waals surface area contributed by atoms with E-state index in [-0.39, 0.29) is 97.1 Å². The first kappa shape index (κ1) is 84.0. The molecule has 0 atom stereocenters. The molecule has 498 valence electrons. The molecule has 3 aliphatic rings. The van der Waals surface area contributed by atoms with E-state index in [1.54, 1.807) is 0 Å². The third kappa shape index (κ3) is 27.5. The first-order chi connectivity index (χ1) is 39.3. The van der Waals surface area contributed by atoms with Crippen molar-refractivity contribution in [2.45, 2.75) is 225 Å². The Morgan fingerprint density at radius 3 is 0.528 bits per heavy atom. The summed E-state index contributed by atoms with van der Waals surface area (Å²) < 4.78 is 4.94. The summed E-state index contributed by atoms with van der Waals surface area (Å²) in [7, 11) is 0. The fraction of sp³-hybridized carbons (Fsp3) is 0.649. The average Bonchev–Trinajstić information content (AvgIpc) is 1.69. The Hall–Kier alpha value is -3.03. The molecule has 12 N–H and O–H groups in total. The number of phenols is 4. The van der Waals surface area contributed by atoms with Gasteiger partial charge in [-0.05, 0) is 78.4 Å². The maximum Gasteiger partial charge on any atom is 0.124 e. The number of hydrogen-bond donors (Lipinski definition) is 12.